The summed E-state index contributed by atoms with van der Waals surface area (Å²) in [4.78, 5) is 12.4. The van der Waals surface area contributed by atoms with Crippen molar-refractivity contribution in [3.05, 3.63) is 0 Å². The Kier molecular flexibility index (Phi) is 4.37. The highest BCUT2D eigenvalue weighted by atomic mass is 16.4. The first kappa shape index (κ1) is 20.3. The lowest BCUT2D eigenvalue weighted by Crippen LogP contribution is -2.65. The van der Waals surface area contributed by atoms with Crippen molar-refractivity contribution in [2.45, 2.75) is 104 Å². The minimum atomic E-state index is -0.500. The molecule has 8 unspecified atom stereocenters. The van der Waals surface area contributed by atoms with Crippen molar-refractivity contribution >= 4 is 5.97 Å². The number of fused-ring (bicyclic) bond motifs is 7. The predicted molar refractivity (Wildman–Crippen MR) is 114 cm³/mol. The Labute approximate surface area is 177 Å². The summed E-state index contributed by atoms with van der Waals surface area (Å²) in [6.07, 6.45) is 12.2. The Bertz CT molecular complexity index is 704. The number of hydrogen-bond acceptors (Lipinski definition) is 2. The van der Waals surface area contributed by atoms with Crippen LogP contribution in [0.4, 0.5) is 0 Å². The molecule has 3 heteroatoms. The van der Waals surface area contributed by atoms with Crippen LogP contribution in [-0.2, 0) is 4.79 Å². The molecule has 2 N–H and O–H groups in total. The first-order valence-corrected chi connectivity index (χ1v) is 12.5. The van der Waals surface area contributed by atoms with Crippen molar-refractivity contribution in [3.8, 4) is 0 Å². The summed E-state index contributed by atoms with van der Waals surface area (Å²) < 4.78 is 0. The van der Waals surface area contributed by atoms with E-state index in [0.717, 1.165) is 44.4 Å². The van der Waals surface area contributed by atoms with Crippen LogP contribution in [0, 0.1) is 51.2 Å². The lowest BCUT2D eigenvalue weighted by molar-refractivity contribution is -0.234. The second kappa shape index (κ2) is 6.24. The van der Waals surface area contributed by atoms with Gasteiger partial charge in [0.05, 0.1) is 11.5 Å². The summed E-state index contributed by atoms with van der Waals surface area (Å²) in [7, 11) is 0. The van der Waals surface area contributed by atoms with Gasteiger partial charge in [0, 0.05) is 0 Å². The molecule has 5 rings (SSSR count). The van der Waals surface area contributed by atoms with Crippen molar-refractivity contribution in [1.29, 1.82) is 0 Å². The largest absolute Gasteiger partial charge is 0.481 e. The fraction of sp³-hybridized carbons (Fsp3) is 0.962. The molecule has 0 heterocycles. The molecule has 164 valence electrons. The van der Waals surface area contributed by atoms with E-state index < -0.39 is 11.4 Å². The van der Waals surface area contributed by atoms with Gasteiger partial charge in [0.25, 0.3) is 0 Å². The number of aliphatic hydroxyl groups is 1. The van der Waals surface area contributed by atoms with Gasteiger partial charge in [0.1, 0.15) is 0 Å². The summed E-state index contributed by atoms with van der Waals surface area (Å²) in [5.74, 6) is 2.28. The maximum atomic E-state index is 12.4. The minimum absolute atomic E-state index is 0.117. The van der Waals surface area contributed by atoms with Crippen molar-refractivity contribution < 1.29 is 15.0 Å². The Morgan fingerprint density at radius 3 is 2.28 bits per heavy atom. The Morgan fingerprint density at radius 2 is 1.55 bits per heavy atom. The van der Waals surface area contributed by atoms with E-state index >= 15 is 0 Å². The van der Waals surface area contributed by atoms with Crippen LogP contribution < -0.4 is 0 Å². The van der Waals surface area contributed by atoms with E-state index in [1.807, 2.05) is 0 Å². The Morgan fingerprint density at radius 1 is 0.793 bits per heavy atom. The molecule has 0 spiro atoms. The standard InChI is InChI=1S/C26H42O3/c1-16-17-9-13-25(4)21(23(17,2)12-10-20(16)27)8-7-18-19-6-5-11-26(19,22(28)29)15-14-24(18,25)3/h16-21,27H,5-15H2,1-4H3,(H,28,29)/t16?,17?,18?,19-,20?,21?,23?,24-,25?,26?/m1/s1. The van der Waals surface area contributed by atoms with Gasteiger partial charge < -0.3 is 10.2 Å². The quantitative estimate of drug-likeness (QED) is 0.574. The topological polar surface area (TPSA) is 57.5 Å². The predicted octanol–water partition coefficient (Wildman–Crippen LogP) is 5.90. The van der Waals surface area contributed by atoms with Gasteiger partial charge in [-0.2, -0.15) is 0 Å². The highest BCUT2D eigenvalue weighted by Gasteiger charge is 2.69. The summed E-state index contributed by atoms with van der Waals surface area (Å²) in [5.41, 5.74) is 0.516. The van der Waals surface area contributed by atoms with E-state index in [4.69, 9.17) is 0 Å². The van der Waals surface area contributed by atoms with Gasteiger partial charge in [-0.25, -0.2) is 0 Å². The molecule has 29 heavy (non-hydrogen) atoms. The highest BCUT2D eigenvalue weighted by molar-refractivity contribution is 5.76. The third kappa shape index (κ3) is 2.32. The van der Waals surface area contributed by atoms with Crippen LogP contribution in [0.2, 0.25) is 0 Å². The molecule has 5 aliphatic rings. The van der Waals surface area contributed by atoms with Gasteiger partial charge in [-0.1, -0.05) is 34.1 Å². The third-order valence-corrected chi connectivity index (χ3v) is 12.3. The van der Waals surface area contributed by atoms with Crippen LogP contribution in [0.1, 0.15) is 98.3 Å². The molecule has 5 saturated carbocycles. The normalized spacial score (nSPS) is 59.2. The molecule has 5 aliphatic carbocycles. The molecule has 3 nitrogen and oxygen atoms in total. The fourth-order valence-electron chi connectivity index (χ4n) is 10.5. The molecule has 0 radical (unpaired) electrons. The molecule has 0 amide bonds. The molecular weight excluding hydrogens is 360 g/mol. The molecule has 0 saturated heterocycles. The zero-order chi connectivity index (χ0) is 20.8. The van der Waals surface area contributed by atoms with Crippen molar-refractivity contribution in [2.24, 2.45) is 51.2 Å². The van der Waals surface area contributed by atoms with Crippen LogP contribution in [0.25, 0.3) is 0 Å². The Hall–Kier alpha value is -0.570. The van der Waals surface area contributed by atoms with Gasteiger partial charge >= 0.3 is 5.97 Å². The zero-order valence-corrected chi connectivity index (χ0v) is 19.0. The second-order valence-corrected chi connectivity index (χ2v) is 12.6. The summed E-state index contributed by atoms with van der Waals surface area (Å²) in [6, 6.07) is 0. The second-order valence-electron chi connectivity index (χ2n) is 12.6. The van der Waals surface area contributed by atoms with Gasteiger partial charge in [0.2, 0.25) is 0 Å². The molecule has 0 aromatic carbocycles. The number of rotatable bonds is 1. The maximum Gasteiger partial charge on any atom is 0.309 e. The molecule has 0 aliphatic heterocycles. The lowest BCUT2D eigenvalue weighted by Gasteiger charge is -2.71. The Balaban J connectivity index is 1.52. The first-order chi connectivity index (χ1) is 13.6. The van der Waals surface area contributed by atoms with Crippen molar-refractivity contribution in [1.82, 2.24) is 0 Å². The average molecular weight is 403 g/mol. The number of carbonyl (C=O) groups is 1. The van der Waals surface area contributed by atoms with Crippen LogP contribution in [0.5, 0.6) is 0 Å². The minimum Gasteiger partial charge on any atom is -0.481 e. The number of aliphatic hydroxyl groups excluding tert-OH is 1. The van der Waals surface area contributed by atoms with E-state index in [-0.39, 0.29) is 11.5 Å². The van der Waals surface area contributed by atoms with Gasteiger partial charge in [-0.15, -0.1) is 0 Å². The maximum absolute atomic E-state index is 12.4. The van der Waals surface area contributed by atoms with Gasteiger partial charge in [-0.3, -0.25) is 4.79 Å². The summed E-state index contributed by atoms with van der Waals surface area (Å²) >= 11 is 0. The van der Waals surface area contributed by atoms with E-state index in [0.29, 0.717) is 34.5 Å². The SMILES string of the molecule is CC1C(O)CCC2(C)C1CCC1(C)C2CCC2[C@H]3CCCC3(C(=O)O)CC[C@]21C. The van der Waals surface area contributed by atoms with Gasteiger partial charge in [0.15, 0.2) is 0 Å². The van der Waals surface area contributed by atoms with E-state index in [9.17, 15) is 15.0 Å². The molecule has 0 bridgehead atoms. The smallest absolute Gasteiger partial charge is 0.309 e. The monoisotopic (exact) mass is 402 g/mol. The average Bonchev–Trinajstić information content (AvgIpc) is 3.11. The molecule has 10 atom stereocenters. The molecule has 0 aromatic rings. The van der Waals surface area contributed by atoms with Crippen molar-refractivity contribution in [2.75, 3.05) is 0 Å². The fourth-order valence-corrected chi connectivity index (χ4v) is 10.5. The van der Waals surface area contributed by atoms with E-state index in [1.54, 1.807) is 0 Å². The van der Waals surface area contributed by atoms with Crippen LogP contribution in [0.15, 0.2) is 0 Å². The number of aliphatic carboxylic acids is 1. The third-order valence-electron chi connectivity index (χ3n) is 12.3. The van der Waals surface area contributed by atoms with Gasteiger partial charge in [-0.05, 0) is 110 Å². The highest BCUT2D eigenvalue weighted by Crippen LogP contribution is 2.75. The zero-order valence-electron chi connectivity index (χ0n) is 19.0. The number of hydrogen-bond donors (Lipinski definition) is 2. The summed E-state index contributed by atoms with van der Waals surface area (Å²) in [6.45, 7) is 10.0. The van der Waals surface area contributed by atoms with Crippen LogP contribution in [-0.4, -0.2) is 22.3 Å². The number of carboxylic acid groups (broad SMARTS) is 1. The van der Waals surface area contributed by atoms with Crippen LogP contribution >= 0.6 is 0 Å². The lowest BCUT2D eigenvalue weighted by atomic mass is 9.33. The number of carboxylic acids is 1. The van der Waals surface area contributed by atoms with Crippen LogP contribution in [0.3, 0.4) is 0 Å². The van der Waals surface area contributed by atoms with E-state index in [2.05, 4.69) is 27.7 Å². The summed E-state index contributed by atoms with van der Waals surface area (Å²) in [5, 5.41) is 20.8. The van der Waals surface area contributed by atoms with E-state index in [1.165, 1.54) is 32.1 Å². The van der Waals surface area contributed by atoms with Crippen molar-refractivity contribution in [3.63, 3.8) is 0 Å². The molecular formula is C26H42O3. The molecule has 0 aromatic heterocycles. The molecule has 5 fully saturated rings. The first-order valence-electron chi connectivity index (χ1n) is 12.5.